The van der Waals surface area contributed by atoms with Crippen LogP contribution in [-0.2, 0) is 4.79 Å². The van der Waals surface area contributed by atoms with Gasteiger partial charge in [0.25, 0.3) is 6.43 Å². The lowest BCUT2D eigenvalue weighted by Gasteiger charge is -2.25. The molecule has 1 aliphatic heterocycles. The molecule has 1 heterocycles. The molecule has 100 valence electrons. The topological polar surface area (TPSA) is 32.3 Å². The second-order valence-electron chi connectivity index (χ2n) is 4.98. The van der Waals surface area contributed by atoms with Crippen LogP contribution in [0, 0.1) is 11.3 Å². The number of piperidine rings is 1. The minimum atomic E-state index is -2.43. The van der Waals surface area contributed by atoms with Gasteiger partial charge in [-0.2, -0.15) is 0 Å². The first-order chi connectivity index (χ1) is 7.55. The number of hydrogen-bond acceptors (Lipinski definition) is 2. The van der Waals surface area contributed by atoms with Gasteiger partial charge in [0.05, 0.1) is 6.54 Å². The fraction of sp³-hybridized carbons (Fsp3) is 0.909. The van der Waals surface area contributed by atoms with Crippen LogP contribution in [0.1, 0.15) is 19.3 Å². The maximum atomic E-state index is 12.2. The highest BCUT2D eigenvalue weighted by Crippen LogP contribution is 2.59. The average molecular weight is 269 g/mol. The minimum absolute atomic E-state index is 0. The molecule has 1 saturated heterocycles. The van der Waals surface area contributed by atoms with E-state index in [0.717, 1.165) is 32.4 Å². The second kappa shape index (κ2) is 5.48. The fourth-order valence-electron chi connectivity index (χ4n) is 2.74. The third-order valence-corrected chi connectivity index (χ3v) is 3.88. The molecule has 1 unspecified atom stereocenters. The monoisotopic (exact) mass is 268 g/mol. The molecule has 2 fully saturated rings. The Morgan fingerprint density at radius 2 is 2.06 bits per heavy atom. The van der Waals surface area contributed by atoms with Gasteiger partial charge in [0.2, 0.25) is 5.91 Å². The van der Waals surface area contributed by atoms with Crippen molar-refractivity contribution in [2.45, 2.75) is 25.7 Å². The number of carbonyl (C=O) groups excluding carboxylic acids is 1. The van der Waals surface area contributed by atoms with E-state index < -0.39 is 13.0 Å². The third-order valence-electron chi connectivity index (χ3n) is 3.88. The van der Waals surface area contributed by atoms with Crippen LogP contribution in [0.3, 0.4) is 0 Å². The quantitative estimate of drug-likeness (QED) is 0.842. The Balaban J connectivity index is 0.00000144. The Labute approximate surface area is 106 Å². The molecule has 1 amide bonds. The van der Waals surface area contributed by atoms with Crippen molar-refractivity contribution in [3.63, 3.8) is 0 Å². The van der Waals surface area contributed by atoms with E-state index in [1.807, 2.05) is 0 Å². The molecule has 6 heteroatoms. The number of nitrogens with one attached hydrogen (secondary N) is 1. The Morgan fingerprint density at radius 3 is 2.59 bits per heavy atom. The molecular weight excluding hydrogens is 250 g/mol. The van der Waals surface area contributed by atoms with Crippen LogP contribution in [-0.4, -0.2) is 43.9 Å². The van der Waals surface area contributed by atoms with E-state index in [9.17, 15) is 13.6 Å². The lowest BCUT2D eigenvalue weighted by Crippen LogP contribution is -2.36. The van der Waals surface area contributed by atoms with E-state index in [0.29, 0.717) is 0 Å². The van der Waals surface area contributed by atoms with Gasteiger partial charge in [-0.15, -0.1) is 12.4 Å². The molecule has 2 rings (SSSR count). The smallest absolute Gasteiger partial charge is 0.255 e. The van der Waals surface area contributed by atoms with Gasteiger partial charge in [0.1, 0.15) is 0 Å². The highest BCUT2D eigenvalue weighted by atomic mass is 35.5. The van der Waals surface area contributed by atoms with Crippen molar-refractivity contribution in [3.8, 4) is 0 Å². The van der Waals surface area contributed by atoms with Gasteiger partial charge in [-0.3, -0.25) is 4.79 Å². The van der Waals surface area contributed by atoms with E-state index in [-0.39, 0.29) is 29.6 Å². The van der Waals surface area contributed by atoms with Crippen LogP contribution in [0.5, 0.6) is 0 Å². The first-order valence-electron chi connectivity index (χ1n) is 5.79. The third kappa shape index (κ3) is 3.07. The number of amides is 1. The summed E-state index contributed by atoms with van der Waals surface area (Å²) in [6.07, 6.45) is 0.468. The standard InChI is InChI=1S/C11H18F2N2O.ClH/c1-15(7-9(12)13)10(16)8-6-11(8)2-4-14-5-3-11;/h8-9,14H,2-7H2,1H3;1H. The predicted molar refractivity (Wildman–Crippen MR) is 63.5 cm³/mol. The van der Waals surface area contributed by atoms with Crippen LogP contribution in [0.25, 0.3) is 0 Å². The van der Waals surface area contributed by atoms with E-state index in [4.69, 9.17) is 0 Å². The van der Waals surface area contributed by atoms with Gasteiger partial charge < -0.3 is 10.2 Å². The van der Waals surface area contributed by atoms with Gasteiger partial charge in [-0.05, 0) is 37.8 Å². The summed E-state index contributed by atoms with van der Waals surface area (Å²) in [5.41, 5.74) is 0.138. The second-order valence-corrected chi connectivity index (χ2v) is 4.98. The molecule has 17 heavy (non-hydrogen) atoms. The van der Waals surface area contributed by atoms with Crippen molar-refractivity contribution < 1.29 is 13.6 Å². The molecule has 3 nitrogen and oxygen atoms in total. The van der Waals surface area contributed by atoms with E-state index in [1.54, 1.807) is 0 Å². The highest BCUT2D eigenvalue weighted by molar-refractivity contribution is 5.85. The largest absolute Gasteiger partial charge is 0.340 e. The molecule has 1 atom stereocenters. The summed E-state index contributed by atoms with van der Waals surface area (Å²) < 4.78 is 24.3. The van der Waals surface area contributed by atoms with Gasteiger partial charge in [0.15, 0.2) is 0 Å². The number of halogens is 3. The summed E-state index contributed by atoms with van der Waals surface area (Å²) in [6, 6.07) is 0. The maximum Gasteiger partial charge on any atom is 0.255 e. The molecule has 0 bridgehead atoms. The summed E-state index contributed by atoms with van der Waals surface area (Å²) in [5, 5.41) is 3.26. The van der Waals surface area contributed by atoms with Crippen molar-refractivity contribution in [1.82, 2.24) is 10.2 Å². The molecule has 1 spiro atoms. The number of hydrogen-bond donors (Lipinski definition) is 1. The molecule has 1 saturated carbocycles. The maximum absolute atomic E-state index is 12.2. The summed E-state index contributed by atoms with van der Waals surface area (Å²) in [5.74, 6) is -0.0967. The summed E-state index contributed by atoms with van der Waals surface area (Å²) in [7, 11) is 1.47. The summed E-state index contributed by atoms with van der Waals surface area (Å²) >= 11 is 0. The van der Waals surface area contributed by atoms with Crippen LogP contribution < -0.4 is 5.32 Å². The van der Waals surface area contributed by atoms with Crippen molar-refractivity contribution >= 4 is 18.3 Å². The van der Waals surface area contributed by atoms with Crippen LogP contribution >= 0.6 is 12.4 Å². The molecule has 1 N–H and O–H groups in total. The first-order valence-corrected chi connectivity index (χ1v) is 5.79. The summed E-state index contributed by atoms with van der Waals surface area (Å²) in [6.45, 7) is 1.45. The van der Waals surface area contributed by atoms with Crippen LogP contribution in [0.4, 0.5) is 8.78 Å². The van der Waals surface area contributed by atoms with E-state index >= 15 is 0 Å². The number of alkyl halides is 2. The number of rotatable bonds is 3. The van der Waals surface area contributed by atoms with Crippen molar-refractivity contribution in [2.24, 2.45) is 11.3 Å². The Kier molecular flexibility index (Phi) is 4.72. The molecule has 2 aliphatic rings. The van der Waals surface area contributed by atoms with Gasteiger partial charge >= 0.3 is 0 Å². The van der Waals surface area contributed by atoms with Gasteiger partial charge in [-0.1, -0.05) is 0 Å². The SMILES string of the molecule is CN(CC(F)F)C(=O)C1CC12CCNCC2.Cl. The number of carbonyl (C=O) groups is 1. The average Bonchev–Trinajstić information content (AvgIpc) is 2.91. The number of nitrogens with zero attached hydrogens (tertiary/aromatic N) is 1. The molecule has 0 aromatic carbocycles. The zero-order chi connectivity index (χ0) is 11.8. The van der Waals surface area contributed by atoms with Crippen LogP contribution in [0.2, 0.25) is 0 Å². The van der Waals surface area contributed by atoms with E-state index in [2.05, 4.69) is 5.32 Å². The zero-order valence-electron chi connectivity index (χ0n) is 9.92. The Bertz CT molecular complexity index is 283. The lowest BCUT2D eigenvalue weighted by atomic mass is 9.91. The lowest BCUT2D eigenvalue weighted by molar-refractivity contribution is -0.134. The molecule has 1 aliphatic carbocycles. The van der Waals surface area contributed by atoms with Gasteiger partial charge in [-0.25, -0.2) is 8.78 Å². The molecule has 0 aromatic rings. The predicted octanol–water partition coefficient (Wildman–Crippen LogP) is 1.52. The molecule has 0 radical (unpaired) electrons. The fourth-order valence-corrected chi connectivity index (χ4v) is 2.74. The first kappa shape index (κ1) is 14.6. The zero-order valence-corrected chi connectivity index (χ0v) is 10.7. The van der Waals surface area contributed by atoms with Crippen LogP contribution in [0.15, 0.2) is 0 Å². The normalized spacial score (nSPS) is 25.5. The minimum Gasteiger partial charge on any atom is -0.340 e. The van der Waals surface area contributed by atoms with E-state index in [1.165, 1.54) is 11.9 Å². The molecule has 0 aromatic heterocycles. The van der Waals surface area contributed by atoms with Gasteiger partial charge in [0, 0.05) is 13.0 Å². The van der Waals surface area contributed by atoms with Crippen molar-refractivity contribution in [3.05, 3.63) is 0 Å². The molecular formula is C11H19ClF2N2O. The highest BCUT2D eigenvalue weighted by Gasteiger charge is 2.58. The summed E-state index contributed by atoms with van der Waals surface area (Å²) in [4.78, 5) is 13.1. The Morgan fingerprint density at radius 1 is 1.47 bits per heavy atom. The van der Waals surface area contributed by atoms with Crippen molar-refractivity contribution in [2.75, 3.05) is 26.7 Å². The Hall–Kier alpha value is -0.420. The van der Waals surface area contributed by atoms with Crippen molar-refractivity contribution in [1.29, 1.82) is 0 Å².